The number of fused-ring (bicyclic) bond motifs is 1. The van der Waals surface area contributed by atoms with Crippen LogP contribution in [0.3, 0.4) is 0 Å². The molecule has 4 N–H and O–H groups in total. The predicted molar refractivity (Wildman–Crippen MR) is 172 cm³/mol. The molecule has 1 aromatic carbocycles. The van der Waals surface area contributed by atoms with Gasteiger partial charge in [0.25, 0.3) is 0 Å². The molecule has 1 atom stereocenters. The van der Waals surface area contributed by atoms with E-state index in [1.54, 1.807) is 30.3 Å². The number of H-pyrrole nitrogens is 1. The summed E-state index contributed by atoms with van der Waals surface area (Å²) < 4.78 is 12.9. The third-order valence-electron chi connectivity index (χ3n) is 7.67. The van der Waals surface area contributed by atoms with Crippen molar-refractivity contribution in [2.24, 2.45) is 7.05 Å². The van der Waals surface area contributed by atoms with Gasteiger partial charge in [0, 0.05) is 81.2 Å². The number of carbonyl (C=O) groups is 1. The molecule has 14 heteroatoms. The Morgan fingerprint density at radius 2 is 2.04 bits per heavy atom. The number of para-hydroxylation sites is 1. The number of hydrogen-bond acceptors (Lipinski definition) is 11. The molecule has 1 aliphatic rings. The van der Waals surface area contributed by atoms with Crippen molar-refractivity contribution in [2.45, 2.75) is 26.4 Å². The second-order valence-corrected chi connectivity index (χ2v) is 11.0. The SMILES string of the molecule is COCCNc1nccc(OC2CCN(CC(=O)Nc3cccc4c(-c5nc(Nc6cc(C)n(C)n6)ncc5C)c[nH]c34)C2)n1. The number of carbonyl (C=O) groups excluding carboxylic acids is 1. The lowest BCUT2D eigenvalue weighted by Crippen LogP contribution is -2.33. The summed E-state index contributed by atoms with van der Waals surface area (Å²) in [5.41, 5.74) is 5.20. The number of methoxy groups -OCH3 is 1. The van der Waals surface area contributed by atoms with Gasteiger partial charge in [0.1, 0.15) is 6.10 Å². The van der Waals surface area contributed by atoms with E-state index in [-0.39, 0.29) is 18.6 Å². The van der Waals surface area contributed by atoms with Gasteiger partial charge < -0.3 is 30.4 Å². The molecule has 4 aromatic heterocycles. The van der Waals surface area contributed by atoms with E-state index in [0.29, 0.717) is 49.0 Å². The average molecular weight is 612 g/mol. The number of aromatic nitrogens is 7. The van der Waals surface area contributed by atoms with E-state index in [1.807, 2.05) is 51.4 Å². The maximum atomic E-state index is 13.1. The van der Waals surface area contributed by atoms with Gasteiger partial charge in [-0.2, -0.15) is 10.1 Å². The first kappa shape index (κ1) is 30.0. The Bertz CT molecular complexity index is 1780. The molecular weight excluding hydrogens is 574 g/mol. The fourth-order valence-corrected chi connectivity index (χ4v) is 5.32. The largest absolute Gasteiger partial charge is 0.473 e. The number of hydrogen-bond donors (Lipinski definition) is 4. The van der Waals surface area contributed by atoms with Crippen LogP contribution in [0.15, 0.2) is 48.9 Å². The summed E-state index contributed by atoms with van der Waals surface area (Å²) in [6, 6.07) is 9.52. The zero-order valence-electron chi connectivity index (χ0n) is 25.8. The summed E-state index contributed by atoms with van der Waals surface area (Å²) in [6.07, 6.45) is 6.11. The van der Waals surface area contributed by atoms with Gasteiger partial charge in [-0.1, -0.05) is 12.1 Å². The molecule has 6 rings (SSSR count). The normalized spacial score (nSPS) is 15.0. The Labute approximate surface area is 260 Å². The molecule has 1 aliphatic heterocycles. The lowest BCUT2D eigenvalue weighted by molar-refractivity contribution is -0.117. The van der Waals surface area contributed by atoms with Crippen molar-refractivity contribution >= 4 is 40.2 Å². The minimum absolute atomic E-state index is 0.0638. The van der Waals surface area contributed by atoms with Crippen LogP contribution in [0, 0.1) is 13.8 Å². The molecule has 234 valence electrons. The second kappa shape index (κ2) is 13.3. The second-order valence-electron chi connectivity index (χ2n) is 11.0. The van der Waals surface area contributed by atoms with Crippen molar-refractivity contribution in [3.8, 4) is 17.1 Å². The Balaban J connectivity index is 1.09. The highest BCUT2D eigenvalue weighted by Crippen LogP contribution is 2.33. The fraction of sp³-hybridized carbons (Fsp3) is 0.355. The molecular formula is C31H37N11O3. The van der Waals surface area contributed by atoms with Crippen molar-refractivity contribution in [2.75, 3.05) is 55.8 Å². The van der Waals surface area contributed by atoms with Gasteiger partial charge in [0.15, 0.2) is 5.82 Å². The van der Waals surface area contributed by atoms with Crippen LogP contribution in [0.2, 0.25) is 0 Å². The van der Waals surface area contributed by atoms with Gasteiger partial charge in [-0.15, -0.1) is 0 Å². The highest BCUT2D eigenvalue weighted by Gasteiger charge is 2.26. The maximum Gasteiger partial charge on any atom is 0.238 e. The van der Waals surface area contributed by atoms with Crippen LogP contribution < -0.4 is 20.7 Å². The number of nitrogens with zero attached hydrogens (tertiary/aromatic N) is 7. The first-order valence-corrected chi connectivity index (χ1v) is 14.8. The van der Waals surface area contributed by atoms with Gasteiger partial charge in [0.05, 0.1) is 30.0 Å². The monoisotopic (exact) mass is 611 g/mol. The van der Waals surface area contributed by atoms with E-state index in [0.717, 1.165) is 46.4 Å². The van der Waals surface area contributed by atoms with Crippen LogP contribution in [0.4, 0.5) is 23.4 Å². The van der Waals surface area contributed by atoms with Crippen molar-refractivity contribution in [3.63, 3.8) is 0 Å². The minimum Gasteiger partial charge on any atom is -0.473 e. The summed E-state index contributed by atoms with van der Waals surface area (Å²) in [5.74, 6) is 2.04. The van der Waals surface area contributed by atoms with Crippen molar-refractivity contribution < 1.29 is 14.3 Å². The molecule has 5 heterocycles. The lowest BCUT2D eigenvalue weighted by atomic mass is 10.1. The van der Waals surface area contributed by atoms with Crippen LogP contribution in [0.25, 0.3) is 22.2 Å². The molecule has 0 spiro atoms. The van der Waals surface area contributed by atoms with Gasteiger partial charge >= 0.3 is 0 Å². The number of rotatable bonds is 12. The highest BCUT2D eigenvalue weighted by molar-refractivity contribution is 6.06. The Morgan fingerprint density at radius 1 is 1.16 bits per heavy atom. The zero-order valence-corrected chi connectivity index (χ0v) is 25.8. The Kier molecular flexibility index (Phi) is 8.84. The number of ether oxygens (including phenoxy) is 2. The van der Waals surface area contributed by atoms with Crippen LogP contribution in [0.1, 0.15) is 17.7 Å². The lowest BCUT2D eigenvalue weighted by Gasteiger charge is -2.17. The van der Waals surface area contributed by atoms with Gasteiger partial charge in [-0.3, -0.25) is 14.4 Å². The Morgan fingerprint density at radius 3 is 2.87 bits per heavy atom. The zero-order chi connectivity index (χ0) is 31.3. The van der Waals surface area contributed by atoms with Crippen LogP contribution >= 0.6 is 0 Å². The number of amides is 1. The van der Waals surface area contributed by atoms with Gasteiger partial charge in [-0.05, 0) is 31.9 Å². The summed E-state index contributed by atoms with van der Waals surface area (Å²) >= 11 is 0. The molecule has 1 fully saturated rings. The van der Waals surface area contributed by atoms with Gasteiger partial charge in [0.2, 0.25) is 23.7 Å². The first-order valence-electron chi connectivity index (χ1n) is 14.8. The van der Waals surface area contributed by atoms with Crippen LogP contribution in [0.5, 0.6) is 5.88 Å². The van der Waals surface area contributed by atoms with E-state index in [1.165, 1.54) is 0 Å². The summed E-state index contributed by atoms with van der Waals surface area (Å²) in [7, 11) is 3.54. The molecule has 1 saturated heterocycles. The molecule has 1 unspecified atom stereocenters. The summed E-state index contributed by atoms with van der Waals surface area (Å²) in [6.45, 7) is 6.76. The smallest absolute Gasteiger partial charge is 0.238 e. The standard InChI is InChI=1S/C31H37N11O3/c1-19-15-35-31(37-25-14-20(2)41(3)40-25)39-28(19)23-16-34-29-22(23)6-5-7-24(29)36-26(43)18-42-12-9-21(17-42)45-27-8-10-32-30(38-27)33-11-13-44-4/h5-8,10,14-16,21,34H,9,11-13,17-18H2,1-4H3,(H,36,43)(H,32,33,38)(H,35,37,39,40). The molecule has 14 nitrogen and oxygen atoms in total. The van der Waals surface area contributed by atoms with E-state index < -0.39 is 0 Å². The molecule has 45 heavy (non-hydrogen) atoms. The third-order valence-corrected chi connectivity index (χ3v) is 7.67. The number of likely N-dealkylation sites (tertiary alicyclic amines) is 1. The number of aryl methyl sites for hydroxylation is 3. The number of benzene rings is 1. The van der Waals surface area contributed by atoms with Crippen molar-refractivity contribution in [3.05, 3.63) is 60.2 Å². The highest BCUT2D eigenvalue weighted by atomic mass is 16.5. The van der Waals surface area contributed by atoms with Crippen molar-refractivity contribution in [1.82, 2.24) is 39.6 Å². The molecule has 5 aromatic rings. The van der Waals surface area contributed by atoms with E-state index in [9.17, 15) is 4.79 Å². The molecule has 0 radical (unpaired) electrons. The van der Waals surface area contributed by atoms with E-state index >= 15 is 0 Å². The van der Waals surface area contributed by atoms with Crippen molar-refractivity contribution in [1.29, 1.82) is 0 Å². The number of aromatic amines is 1. The fourth-order valence-electron chi connectivity index (χ4n) is 5.32. The van der Waals surface area contributed by atoms with Gasteiger partial charge in [-0.25, -0.2) is 15.0 Å². The first-order chi connectivity index (χ1) is 21.9. The predicted octanol–water partition coefficient (Wildman–Crippen LogP) is 3.66. The number of anilines is 4. The topological polar surface area (TPSA) is 160 Å². The molecule has 0 bridgehead atoms. The maximum absolute atomic E-state index is 13.1. The molecule has 0 aliphatic carbocycles. The molecule has 0 saturated carbocycles. The average Bonchev–Trinajstić information content (AvgIpc) is 3.73. The summed E-state index contributed by atoms with van der Waals surface area (Å²) in [4.78, 5) is 36.5. The summed E-state index contributed by atoms with van der Waals surface area (Å²) in [5, 5.41) is 14.8. The molecule has 1 amide bonds. The van der Waals surface area contributed by atoms with E-state index in [4.69, 9.17) is 14.5 Å². The van der Waals surface area contributed by atoms with Crippen LogP contribution in [-0.2, 0) is 16.6 Å². The minimum atomic E-state index is -0.0960. The number of nitrogens with one attached hydrogen (secondary N) is 4. The van der Waals surface area contributed by atoms with E-state index in [2.05, 4.69) is 45.9 Å². The van der Waals surface area contributed by atoms with Crippen LogP contribution in [-0.4, -0.2) is 91.5 Å². The Hall–Kier alpha value is -5.08. The quantitative estimate of drug-likeness (QED) is 0.153. The third kappa shape index (κ3) is 7.02.